The van der Waals surface area contributed by atoms with E-state index in [-0.39, 0.29) is 30.0 Å². The van der Waals surface area contributed by atoms with Crippen LogP contribution in [0.4, 0.5) is 13.2 Å². The molecule has 0 atom stereocenters. The summed E-state index contributed by atoms with van der Waals surface area (Å²) in [5, 5.41) is 9.22. The maximum Gasteiger partial charge on any atom is 0.419 e. The number of alkyl halides is 3. The average Bonchev–Trinajstić information content (AvgIpc) is 2.41. The van der Waals surface area contributed by atoms with Gasteiger partial charge in [0, 0.05) is 25.6 Å². The second-order valence-corrected chi connectivity index (χ2v) is 9.16. The van der Waals surface area contributed by atoms with E-state index in [1.165, 1.54) is 0 Å². The zero-order chi connectivity index (χ0) is 19.1. The first-order chi connectivity index (χ1) is 11.4. The predicted molar refractivity (Wildman–Crippen MR) is 91.0 cm³/mol. The van der Waals surface area contributed by atoms with Gasteiger partial charge in [0.1, 0.15) is 0 Å². The highest BCUT2D eigenvalue weighted by Gasteiger charge is 2.64. The number of halogens is 3. The molecule has 25 heavy (non-hydrogen) atoms. The Labute approximate surface area is 149 Å². The van der Waals surface area contributed by atoms with E-state index in [4.69, 9.17) is 4.74 Å². The Morgan fingerprint density at radius 2 is 1.68 bits per heavy atom. The second kappa shape index (κ2) is 6.74. The van der Waals surface area contributed by atoms with E-state index in [0.717, 1.165) is 25.7 Å². The van der Waals surface area contributed by atoms with Crippen LogP contribution in [0, 0.1) is 22.2 Å². The molecule has 1 saturated carbocycles. The molecule has 1 saturated heterocycles. The third-order valence-electron chi connectivity index (χ3n) is 6.33. The first-order valence-corrected chi connectivity index (χ1v) is 9.21. The first-order valence-electron chi connectivity index (χ1n) is 9.21. The van der Waals surface area contributed by atoms with Gasteiger partial charge in [0.15, 0.2) is 5.60 Å². The number of nitrogens with zero attached hydrogens (tertiary/aromatic N) is 2. The summed E-state index contributed by atoms with van der Waals surface area (Å²) in [6.45, 7) is 9.66. The smallest absolute Gasteiger partial charge is 0.360 e. The van der Waals surface area contributed by atoms with E-state index in [1.54, 1.807) is 13.8 Å². The zero-order valence-electron chi connectivity index (χ0n) is 16.0. The fourth-order valence-corrected chi connectivity index (χ4v) is 4.50. The summed E-state index contributed by atoms with van der Waals surface area (Å²) in [5.41, 5.74) is -2.01. The highest BCUT2D eigenvalue weighted by Crippen LogP contribution is 2.53. The van der Waals surface area contributed by atoms with Gasteiger partial charge in [-0.15, -0.1) is 0 Å². The van der Waals surface area contributed by atoms with Crippen LogP contribution in [0.3, 0.4) is 0 Å². The van der Waals surface area contributed by atoms with Crippen molar-refractivity contribution in [3.05, 3.63) is 0 Å². The van der Waals surface area contributed by atoms with Gasteiger partial charge in [-0.2, -0.15) is 18.4 Å². The summed E-state index contributed by atoms with van der Waals surface area (Å²) in [6, 6.07) is 2.50. The lowest BCUT2D eigenvalue weighted by Crippen LogP contribution is -2.73. The fraction of sp³-hybridized carbons (Fsp3) is 0.947. The molecule has 0 aromatic rings. The fourth-order valence-electron chi connectivity index (χ4n) is 4.50. The summed E-state index contributed by atoms with van der Waals surface area (Å²) >= 11 is 0. The minimum absolute atomic E-state index is 0.0269. The quantitative estimate of drug-likeness (QED) is 0.714. The van der Waals surface area contributed by atoms with Crippen LogP contribution in [0.2, 0.25) is 0 Å². The number of rotatable bonds is 4. The molecule has 0 amide bonds. The molecule has 6 heteroatoms. The number of likely N-dealkylation sites (tertiary alicyclic amines) is 1. The van der Waals surface area contributed by atoms with Crippen molar-refractivity contribution in [2.24, 2.45) is 10.8 Å². The predicted octanol–water partition coefficient (Wildman–Crippen LogP) is 4.92. The monoisotopic (exact) mass is 360 g/mol. The summed E-state index contributed by atoms with van der Waals surface area (Å²) in [4.78, 5) is 1.93. The van der Waals surface area contributed by atoms with Gasteiger partial charge in [-0.1, -0.05) is 20.8 Å². The topological polar surface area (TPSA) is 36.3 Å². The molecule has 1 heterocycles. The first kappa shape index (κ1) is 20.5. The Bertz CT molecular complexity index is 502. The molecule has 144 valence electrons. The van der Waals surface area contributed by atoms with E-state index in [9.17, 15) is 18.4 Å². The molecule has 0 N–H and O–H groups in total. The van der Waals surface area contributed by atoms with E-state index < -0.39 is 17.9 Å². The van der Waals surface area contributed by atoms with Crippen LogP contribution in [0.15, 0.2) is 0 Å². The lowest BCUT2D eigenvalue weighted by atomic mass is 9.57. The van der Waals surface area contributed by atoms with Gasteiger partial charge in [0.2, 0.25) is 0 Å². The maximum absolute atomic E-state index is 13.4. The standard InChI is InChI=1S/C19H31F3N2O/c1-14(2)25-18(19(20,21)22)12-24(13-18)15-6-8-17(9-7-15,10-11-23)16(3,4)5/h14-15H,6-10,12-13H2,1-5H3. The van der Waals surface area contributed by atoms with Crippen LogP contribution in [-0.2, 0) is 4.74 Å². The average molecular weight is 360 g/mol. The molecule has 3 nitrogen and oxygen atoms in total. The molecule has 1 aliphatic carbocycles. The van der Waals surface area contributed by atoms with Crippen LogP contribution in [0.1, 0.15) is 66.7 Å². The van der Waals surface area contributed by atoms with Crippen molar-refractivity contribution in [1.82, 2.24) is 4.90 Å². The zero-order valence-corrected chi connectivity index (χ0v) is 16.0. The second-order valence-electron chi connectivity index (χ2n) is 9.16. The molecule has 0 aromatic carbocycles. The van der Waals surface area contributed by atoms with Crippen LogP contribution >= 0.6 is 0 Å². The van der Waals surface area contributed by atoms with Crippen LogP contribution in [0.25, 0.3) is 0 Å². The van der Waals surface area contributed by atoms with Crippen molar-refractivity contribution in [2.75, 3.05) is 13.1 Å². The van der Waals surface area contributed by atoms with Crippen molar-refractivity contribution in [3.8, 4) is 6.07 Å². The molecule has 2 aliphatic rings. The van der Waals surface area contributed by atoms with Gasteiger partial charge in [-0.25, -0.2) is 0 Å². The molecule has 0 unspecified atom stereocenters. The molecule has 0 radical (unpaired) electrons. The summed E-state index contributed by atoms with van der Waals surface area (Å²) < 4.78 is 45.6. The van der Waals surface area contributed by atoms with Gasteiger partial charge in [-0.05, 0) is 50.4 Å². The van der Waals surface area contributed by atoms with E-state index in [0.29, 0.717) is 6.42 Å². The largest absolute Gasteiger partial charge is 0.419 e. The molecule has 2 rings (SSSR count). The Morgan fingerprint density at radius 1 is 1.16 bits per heavy atom. The molecule has 0 spiro atoms. The number of hydrogen-bond acceptors (Lipinski definition) is 3. The Balaban J connectivity index is 2.00. The summed E-state index contributed by atoms with van der Waals surface area (Å²) in [5.74, 6) is 0. The molecular formula is C19H31F3N2O. The van der Waals surface area contributed by atoms with Gasteiger partial charge >= 0.3 is 6.18 Å². The highest BCUT2D eigenvalue weighted by molar-refractivity contribution is 5.07. The van der Waals surface area contributed by atoms with Crippen LogP contribution in [-0.4, -0.2) is 41.9 Å². The van der Waals surface area contributed by atoms with E-state index in [1.807, 2.05) is 4.90 Å². The third-order valence-corrected chi connectivity index (χ3v) is 6.33. The Kier molecular flexibility index (Phi) is 5.53. The minimum Gasteiger partial charge on any atom is -0.360 e. The molecule has 2 fully saturated rings. The van der Waals surface area contributed by atoms with Crippen LogP contribution in [0.5, 0.6) is 0 Å². The lowest BCUT2D eigenvalue weighted by molar-refractivity contribution is -0.332. The van der Waals surface area contributed by atoms with Crippen molar-refractivity contribution in [3.63, 3.8) is 0 Å². The van der Waals surface area contributed by atoms with Crippen molar-refractivity contribution in [1.29, 1.82) is 5.26 Å². The molecule has 0 aromatic heterocycles. The van der Waals surface area contributed by atoms with E-state index in [2.05, 4.69) is 26.8 Å². The maximum atomic E-state index is 13.4. The SMILES string of the molecule is CC(C)OC1(C(F)(F)F)CN(C2CCC(CC#N)(C(C)(C)C)CC2)C1. The summed E-state index contributed by atoms with van der Waals surface area (Å²) in [6.07, 6.45) is -0.752. The minimum atomic E-state index is -4.33. The number of hydrogen-bond donors (Lipinski definition) is 0. The number of nitriles is 1. The van der Waals surface area contributed by atoms with Crippen molar-refractivity contribution < 1.29 is 17.9 Å². The normalized spacial score (nSPS) is 30.8. The molecule has 1 aliphatic heterocycles. The van der Waals surface area contributed by atoms with Gasteiger partial charge in [0.25, 0.3) is 0 Å². The van der Waals surface area contributed by atoms with Crippen LogP contribution < -0.4 is 0 Å². The van der Waals surface area contributed by atoms with Gasteiger partial charge < -0.3 is 4.74 Å². The van der Waals surface area contributed by atoms with Crippen molar-refractivity contribution >= 4 is 0 Å². The highest BCUT2D eigenvalue weighted by atomic mass is 19.4. The molecule has 0 bridgehead atoms. The Hall–Kier alpha value is -0.800. The van der Waals surface area contributed by atoms with E-state index >= 15 is 0 Å². The third kappa shape index (κ3) is 3.83. The summed E-state index contributed by atoms with van der Waals surface area (Å²) in [7, 11) is 0. The van der Waals surface area contributed by atoms with Gasteiger partial charge in [-0.3, -0.25) is 4.90 Å². The molecular weight excluding hydrogens is 329 g/mol. The van der Waals surface area contributed by atoms with Gasteiger partial charge in [0.05, 0.1) is 12.2 Å². The Morgan fingerprint density at radius 3 is 2.04 bits per heavy atom. The number of ether oxygens (including phenoxy) is 1. The van der Waals surface area contributed by atoms with Crippen molar-refractivity contribution in [2.45, 2.75) is 90.6 Å². The lowest BCUT2D eigenvalue weighted by Gasteiger charge is -2.56.